The van der Waals surface area contributed by atoms with Crippen molar-refractivity contribution < 1.29 is 66.6 Å². The molecule has 0 amide bonds. The first kappa shape index (κ1) is 34.5. The monoisotopic (exact) mass is 438 g/mol. The van der Waals surface area contributed by atoms with Gasteiger partial charge in [-0.25, -0.2) is 8.42 Å². The van der Waals surface area contributed by atoms with Gasteiger partial charge < -0.3 is 14.7 Å². The number of aliphatic carboxylic acids is 1. The van der Waals surface area contributed by atoms with E-state index in [1.54, 1.807) is 6.92 Å². The number of unbranched alkanes of at least 4 members (excludes halogenated alkanes) is 6. The van der Waals surface area contributed by atoms with Crippen LogP contribution in [0.3, 0.4) is 0 Å². The van der Waals surface area contributed by atoms with Gasteiger partial charge in [0.15, 0.2) is 0 Å². The Balaban J connectivity index is -0.000000170. The Morgan fingerprint density at radius 3 is 1.59 bits per heavy atom. The maximum Gasteiger partial charge on any atom is 1.00 e. The molecular formula is C16H31NaO8S2. The van der Waals surface area contributed by atoms with Crippen LogP contribution in [0.4, 0.5) is 0 Å². The summed E-state index contributed by atoms with van der Waals surface area (Å²) in [5, 5.41) is 9.49. The van der Waals surface area contributed by atoms with Gasteiger partial charge in [-0.3, -0.25) is 13.9 Å². The van der Waals surface area contributed by atoms with Gasteiger partial charge in [0, 0.05) is 12.4 Å². The number of rotatable bonds is 13. The van der Waals surface area contributed by atoms with Crippen LogP contribution in [0.25, 0.3) is 0 Å². The SMILES string of the molecule is CCCC(=O)[O-].CCCCCCCCCC(=O)CC=O.O=S(O)S(=O)O.[Na+]. The Morgan fingerprint density at radius 1 is 0.852 bits per heavy atom. The molecule has 27 heavy (non-hydrogen) atoms. The van der Waals surface area contributed by atoms with Gasteiger partial charge in [0.1, 0.15) is 12.1 Å². The van der Waals surface area contributed by atoms with Gasteiger partial charge in [-0.05, 0) is 12.8 Å². The molecule has 11 heteroatoms. The minimum atomic E-state index is -2.59. The summed E-state index contributed by atoms with van der Waals surface area (Å²) in [6.45, 7) is 4.01. The molecular weight excluding hydrogens is 407 g/mol. The number of ketones is 1. The summed E-state index contributed by atoms with van der Waals surface area (Å²) < 4.78 is 33.6. The minimum absolute atomic E-state index is 0. The third-order valence-corrected chi connectivity index (χ3v) is 3.92. The van der Waals surface area contributed by atoms with Crippen LogP contribution in [0.2, 0.25) is 0 Å². The second-order valence-corrected chi connectivity index (χ2v) is 7.92. The third kappa shape index (κ3) is 41.5. The molecule has 2 atom stereocenters. The van der Waals surface area contributed by atoms with E-state index < -0.39 is 26.2 Å². The second kappa shape index (κ2) is 28.2. The molecule has 0 saturated heterocycles. The van der Waals surface area contributed by atoms with E-state index in [4.69, 9.17) is 9.11 Å². The third-order valence-electron chi connectivity index (χ3n) is 2.95. The van der Waals surface area contributed by atoms with Crippen LogP contribution in [0.1, 0.15) is 84.5 Å². The molecule has 0 saturated carbocycles. The zero-order valence-corrected chi connectivity index (χ0v) is 20.1. The summed E-state index contributed by atoms with van der Waals surface area (Å²) >= 11 is 0. The van der Waals surface area contributed by atoms with Crippen molar-refractivity contribution in [1.29, 1.82) is 0 Å². The molecule has 0 rings (SSSR count). The van der Waals surface area contributed by atoms with E-state index in [1.807, 2.05) is 0 Å². The van der Waals surface area contributed by atoms with Crippen LogP contribution in [-0.4, -0.2) is 35.6 Å². The van der Waals surface area contributed by atoms with Gasteiger partial charge >= 0.3 is 29.6 Å². The molecule has 0 aromatic rings. The number of hydrogen-bond donors (Lipinski definition) is 2. The largest absolute Gasteiger partial charge is 1.00 e. The van der Waals surface area contributed by atoms with Crippen molar-refractivity contribution in [2.75, 3.05) is 0 Å². The standard InChI is InChI=1S/C12H22O2.C4H8O2.Na.H2O4S2/c1-2-3-4-5-6-7-8-9-12(14)10-11-13;1-2-3-4(5)6;;1-5(2)6(3)4/h11H,2-10H2,1H3;2-3H2,1H3,(H,5,6);;(H,1,2)(H,3,4)/q;;+1;/p-1. The Hall–Kier alpha value is 0.0300. The topological polar surface area (TPSA) is 149 Å². The van der Waals surface area contributed by atoms with Crippen molar-refractivity contribution in [2.24, 2.45) is 0 Å². The Morgan fingerprint density at radius 2 is 1.30 bits per heavy atom. The number of hydrogen-bond acceptors (Lipinski definition) is 6. The van der Waals surface area contributed by atoms with Crippen molar-refractivity contribution in [3.05, 3.63) is 0 Å². The normalized spacial score (nSPS) is 11.4. The van der Waals surface area contributed by atoms with E-state index in [2.05, 4.69) is 6.92 Å². The van der Waals surface area contributed by atoms with Crippen molar-refractivity contribution in [2.45, 2.75) is 84.5 Å². The summed E-state index contributed by atoms with van der Waals surface area (Å²) in [7, 11) is -5.18. The van der Waals surface area contributed by atoms with E-state index in [0.717, 1.165) is 12.8 Å². The number of carbonyl (C=O) groups is 3. The van der Waals surface area contributed by atoms with Crippen LogP contribution in [0, 0.1) is 0 Å². The van der Waals surface area contributed by atoms with Crippen molar-refractivity contribution >= 4 is 38.3 Å². The van der Waals surface area contributed by atoms with E-state index in [-0.39, 0.29) is 48.2 Å². The molecule has 2 unspecified atom stereocenters. The molecule has 0 aromatic carbocycles. The molecule has 0 aliphatic rings. The summed E-state index contributed by atoms with van der Waals surface area (Å²) in [6.07, 6.45) is 10.8. The fraction of sp³-hybridized carbons (Fsp3) is 0.812. The first-order valence-corrected chi connectivity index (χ1v) is 11.3. The number of aldehydes is 1. The smallest absolute Gasteiger partial charge is 0.550 e. The summed E-state index contributed by atoms with van der Waals surface area (Å²) in [4.78, 5) is 30.4. The zero-order valence-electron chi connectivity index (χ0n) is 16.5. The number of carbonyl (C=O) groups excluding carboxylic acids is 3. The Labute approximate surface area is 188 Å². The molecule has 0 fully saturated rings. The van der Waals surface area contributed by atoms with Crippen LogP contribution >= 0.6 is 0 Å². The fourth-order valence-corrected chi connectivity index (χ4v) is 1.68. The summed E-state index contributed by atoms with van der Waals surface area (Å²) in [5.41, 5.74) is 0. The predicted octanol–water partition coefficient (Wildman–Crippen LogP) is -0.830. The molecule has 2 N–H and O–H groups in total. The molecule has 0 spiro atoms. The average molecular weight is 439 g/mol. The van der Waals surface area contributed by atoms with E-state index in [9.17, 15) is 27.9 Å². The average Bonchev–Trinajstić information content (AvgIpc) is 2.55. The molecule has 0 aromatic heterocycles. The van der Waals surface area contributed by atoms with Crippen molar-refractivity contribution in [3.8, 4) is 0 Å². The molecule has 0 aliphatic carbocycles. The molecule has 0 heterocycles. The minimum Gasteiger partial charge on any atom is -0.550 e. The second-order valence-electron chi connectivity index (χ2n) is 5.34. The molecule has 0 radical (unpaired) electrons. The van der Waals surface area contributed by atoms with Crippen LogP contribution in [0.15, 0.2) is 0 Å². The molecule has 156 valence electrons. The molecule has 0 aliphatic heterocycles. The van der Waals surface area contributed by atoms with Crippen molar-refractivity contribution in [3.63, 3.8) is 0 Å². The summed E-state index contributed by atoms with van der Waals surface area (Å²) in [6, 6.07) is 0. The van der Waals surface area contributed by atoms with Crippen molar-refractivity contribution in [1.82, 2.24) is 0 Å². The first-order chi connectivity index (χ1) is 12.2. The quantitative estimate of drug-likeness (QED) is 0.0945. The van der Waals surface area contributed by atoms with Crippen LogP contribution < -0.4 is 34.7 Å². The van der Waals surface area contributed by atoms with E-state index in [1.165, 1.54) is 32.1 Å². The first-order valence-electron chi connectivity index (χ1n) is 8.60. The summed E-state index contributed by atoms with van der Waals surface area (Å²) in [5.74, 6) is -0.869. The zero-order chi connectivity index (χ0) is 20.8. The van der Waals surface area contributed by atoms with Gasteiger partial charge in [-0.1, -0.05) is 58.8 Å². The number of carboxylic acid groups (broad SMARTS) is 1. The maximum absolute atomic E-state index is 10.9. The van der Waals surface area contributed by atoms with Gasteiger partial charge in [0.25, 0.3) is 20.2 Å². The van der Waals surface area contributed by atoms with Gasteiger partial charge in [-0.2, -0.15) is 0 Å². The predicted molar refractivity (Wildman–Crippen MR) is 99.8 cm³/mol. The van der Waals surface area contributed by atoms with E-state index >= 15 is 0 Å². The van der Waals surface area contributed by atoms with Gasteiger partial charge in [-0.15, -0.1) is 0 Å². The van der Waals surface area contributed by atoms with Gasteiger partial charge in [0.2, 0.25) is 0 Å². The number of Topliss-reactive ketones (excluding diaryl/α,β-unsaturated/α-hetero) is 1. The van der Waals surface area contributed by atoms with Crippen LogP contribution in [0.5, 0.6) is 0 Å². The van der Waals surface area contributed by atoms with Gasteiger partial charge in [0.05, 0.1) is 6.42 Å². The number of carboxylic acids is 1. The Kier molecular flexibility index (Phi) is 36.1. The fourth-order valence-electron chi connectivity index (χ4n) is 1.68. The molecule has 0 bridgehead atoms. The maximum atomic E-state index is 10.9. The molecule has 8 nitrogen and oxygen atoms in total. The van der Waals surface area contributed by atoms with E-state index in [0.29, 0.717) is 19.1 Å². The van der Waals surface area contributed by atoms with Crippen LogP contribution in [-0.2, 0) is 34.6 Å². The Bertz CT molecular complexity index is 407.